The molecule has 0 aromatic heterocycles. The molecule has 86 valence electrons. The van der Waals surface area contributed by atoms with Crippen molar-refractivity contribution < 1.29 is 9.59 Å². The van der Waals surface area contributed by atoms with Crippen molar-refractivity contribution in [1.82, 2.24) is 10.6 Å². The minimum atomic E-state index is -0.351. The summed E-state index contributed by atoms with van der Waals surface area (Å²) in [5.41, 5.74) is 0. The largest absolute Gasteiger partial charge is 0.357 e. The lowest BCUT2D eigenvalue weighted by Gasteiger charge is -2.25. The molecule has 2 N–H and O–H groups in total. The average Bonchev–Trinajstić information content (AvgIpc) is 2.29. The highest BCUT2D eigenvalue weighted by Crippen LogP contribution is 2.27. The number of nitrogens with one attached hydrogen (secondary N) is 2. The lowest BCUT2D eigenvalue weighted by molar-refractivity contribution is -0.125. The summed E-state index contributed by atoms with van der Waals surface area (Å²) < 4.78 is 0. The maximum absolute atomic E-state index is 11.4. The highest BCUT2D eigenvalue weighted by Gasteiger charge is 2.22. The smallest absolute Gasteiger partial charge is 0.242 e. The molecule has 0 aliphatic heterocycles. The van der Waals surface area contributed by atoms with Crippen molar-refractivity contribution >= 4 is 12.3 Å². The maximum Gasteiger partial charge on any atom is 0.242 e. The highest BCUT2D eigenvalue weighted by molar-refractivity contribution is 5.83. The number of likely N-dealkylation sites (N-methyl/N-ethyl adjacent to an activating group) is 1. The molecule has 0 bridgehead atoms. The molecule has 0 unspecified atom stereocenters. The fourth-order valence-corrected chi connectivity index (χ4v) is 2.26. The highest BCUT2D eigenvalue weighted by atomic mass is 16.2. The van der Waals surface area contributed by atoms with E-state index in [1.165, 1.54) is 32.1 Å². The van der Waals surface area contributed by atoms with Gasteiger partial charge in [-0.05, 0) is 12.3 Å². The summed E-state index contributed by atoms with van der Waals surface area (Å²) in [5.74, 6) is 0.501. The summed E-state index contributed by atoms with van der Waals surface area (Å²) >= 11 is 0. The van der Waals surface area contributed by atoms with Gasteiger partial charge in [0.1, 0.15) is 6.04 Å². The number of amides is 2. The molecule has 0 aromatic carbocycles. The van der Waals surface area contributed by atoms with Crippen LogP contribution < -0.4 is 10.6 Å². The van der Waals surface area contributed by atoms with E-state index in [1.54, 1.807) is 7.05 Å². The molecule has 0 spiro atoms. The summed E-state index contributed by atoms with van der Waals surface area (Å²) in [6.45, 7) is 0. The molecule has 1 aliphatic carbocycles. The summed E-state index contributed by atoms with van der Waals surface area (Å²) in [6.07, 6.45) is 7.59. The van der Waals surface area contributed by atoms with Crippen LogP contribution in [0.15, 0.2) is 0 Å². The SMILES string of the molecule is CNC(=O)[C@H](CC1CCCCC1)NC=O. The van der Waals surface area contributed by atoms with Crippen molar-refractivity contribution in [2.75, 3.05) is 7.05 Å². The quantitative estimate of drug-likeness (QED) is 0.663. The molecule has 2 amide bonds. The standard InChI is InChI=1S/C11H20N2O2/c1-12-11(15)10(13-8-14)7-9-5-3-2-4-6-9/h8-10H,2-7H2,1H3,(H,12,15)(H,13,14)/t10-/m0/s1. The second-order valence-electron chi connectivity index (χ2n) is 4.19. The van der Waals surface area contributed by atoms with Crippen LogP contribution in [0.1, 0.15) is 38.5 Å². The molecule has 1 aliphatic rings. The van der Waals surface area contributed by atoms with Crippen LogP contribution in [0.5, 0.6) is 0 Å². The van der Waals surface area contributed by atoms with Crippen LogP contribution in [-0.4, -0.2) is 25.4 Å². The molecular formula is C11H20N2O2. The molecule has 0 radical (unpaired) electrons. The second-order valence-corrected chi connectivity index (χ2v) is 4.19. The molecule has 0 saturated heterocycles. The Bertz CT molecular complexity index is 213. The Morgan fingerprint density at radius 3 is 2.60 bits per heavy atom. The Morgan fingerprint density at radius 1 is 1.40 bits per heavy atom. The van der Waals surface area contributed by atoms with E-state index in [1.807, 2.05) is 0 Å². The van der Waals surface area contributed by atoms with Crippen LogP contribution in [0.4, 0.5) is 0 Å². The number of carbonyl (C=O) groups excluding carboxylic acids is 2. The Balaban J connectivity index is 2.41. The summed E-state index contributed by atoms with van der Waals surface area (Å²) in [5, 5.41) is 5.17. The third kappa shape index (κ3) is 3.90. The minimum absolute atomic E-state index is 0.0901. The second kappa shape index (κ2) is 6.43. The molecule has 0 aromatic rings. The zero-order valence-electron chi connectivity index (χ0n) is 9.29. The average molecular weight is 212 g/mol. The van der Waals surface area contributed by atoms with Crippen molar-refractivity contribution in [3.63, 3.8) is 0 Å². The molecule has 1 fully saturated rings. The summed E-state index contributed by atoms with van der Waals surface area (Å²) in [7, 11) is 1.60. The Kier molecular flexibility index (Phi) is 5.15. The van der Waals surface area contributed by atoms with Crippen LogP contribution in [0.2, 0.25) is 0 Å². The summed E-state index contributed by atoms with van der Waals surface area (Å²) in [4.78, 5) is 21.8. The van der Waals surface area contributed by atoms with Crippen molar-refractivity contribution in [3.05, 3.63) is 0 Å². The maximum atomic E-state index is 11.4. The first kappa shape index (κ1) is 12.0. The van der Waals surface area contributed by atoms with Crippen molar-refractivity contribution in [2.24, 2.45) is 5.92 Å². The predicted molar refractivity (Wildman–Crippen MR) is 58.2 cm³/mol. The number of hydrogen-bond acceptors (Lipinski definition) is 2. The Morgan fingerprint density at radius 2 is 2.07 bits per heavy atom. The van der Waals surface area contributed by atoms with Gasteiger partial charge in [-0.2, -0.15) is 0 Å². The first-order valence-corrected chi connectivity index (χ1v) is 5.69. The van der Waals surface area contributed by atoms with Gasteiger partial charge in [0, 0.05) is 7.05 Å². The number of hydrogen-bond donors (Lipinski definition) is 2. The topological polar surface area (TPSA) is 58.2 Å². The van der Waals surface area contributed by atoms with E-state index in [0.717, 1.165) is 6.42 Å². The normalized spacial score (nSPS) is 19.3. The van der Waals surface area contributed by atoms with E-state index < -0.39 is 0 Å². The minimum Gasteiger partial charge on any atom is -0.357 e. The van der Waals surface area contributed by atoms with Crippen molar-refractivity contribution in [2.45, 2.75) is 44.6 Å². The van der Waals surface area contributed by atoms with Crippen LogP contribution in [0, 0.1) is 5.92 Å². The third-order valence-corrected chi connectivity index (χ3v) is 3.13. The molecule has 4 heteroatoms. The van der Waals surface area contributed by atoms with E-state index in [0.29, 0.717) is 12.3 Å². The molecule has 1 rings (SSSR count). The zero-order valence-corrected chi connectivity index (χ0v) is 9.29. The van der Waals surface area contributed by atoms with E-state index in [9.17, 15) is 9.59 Å². The number of carbonyl (C=O) groups is 2. The monoisotopic (exact) mass is 212 g/mol. The third-order valence-electron chi connectivity index (χ3n) is 3.13. The molecule has 1 atom stereocenters. The number of rotatable bonds is 5. The molecule has 15 heavy (non-hydrogen) atoms. The Labute approximate surface area is 90.8 Å². The van der Waals surface area contributed by atoms with Crippen molar-refractivity contribution in [3.8, 4) is 0 Å². The van der Waals surface area contributed by atoms with Gasteiger partial charge in [-0.25, -0.2) is 0 Å². The predicted octanol–water partition coefficient (Wildman–Crippen LogP) is 0.817. The first-order valence-electron chi connectivity index (χ1n) is 5.69. The van der Waals surface area contributed by atoms with Gasteiger partial charge in [-0.1, -0.05) is 32.1 Å². The van der Waals surface area contributed by atoms with E-state index in [2.05, 4.69) is 10.6 Å². The molecule has 0 heterocycles. The molecule has 1 saturated carbocycles. The first-order chi connectivity index (χ1) is 7.27. The van der Waals surface area contributed by atoms with E-state index in [-0.39, 0.29) is 11.9 Å². The lowest BCUT2D eigenvalue weighted by Crippen LogP contribution is -2.43. The fourth-order valence-electron chi connectivity index (χ4n) is 2.26. The van der Waals surface area contributed by atoms with Crippen LogP contribution in [-0.2, 0) is 9.59 Å². The van der Waals surface area contributed by atoms with Gasteiger partial charge >= 0.3 is 0 Å². The van der Waals surface area contributed by atoms with E-state index in [4.69, 9.17) is 0 Å². The molecule has 4 nitrogen and oxygen atoms in total. The van der Waals surface area contributed by atoms with Crippen LogP contribution >= 0.6 is 0 Å². The van der Waals surface area contributed by atoms with Crippen LogP contribution in [0.3, 0.4) is 0 Å². The summed E-state index contributed by atoms with van der Waals surface area (Å²) in [6, 6.07) is -0.351. The van der Waals surface area contributed by atoms with E-state index >= 15 is 0 Å². The van der Waals surface area contributed by atoms with Gasteiger partial charge < -0.3 is 10.6 Å². The molecular weight excluding hydrogens is 192 g/mol. The zero-order chi connectivity index (χ0) is 11.1. The van der Waals surface area contributed by atoms with Gasteiger partial charge in [0.15, 0.2) is 0 Å². The fraction of sp³-hybridized carbons (Fsp3) is 0.818. The van der Waals surface area contributed by atoms with Gasteiger partial charge in [0.05, 0.1) is 0 Å². The Hall–Kier alpha value is -1.06. The lowest BCUT2D eigenvalue weighted by atomic mass is 9.84. The van der Waals surface area contributed by atoms with Crippen LogP contribution in [0.25, 0.3) is 0 Å². The van der Waals surface area contributed by atoms with Gasteiger partial charge in [-0.3, -0.25) is 9.59 Å². The van der Waals surface area contributed by atoms with Gasteiger partial charge in [-0.15, -0.1) is 0 Å². The van der Waals surface area contributed by atoms with Gasteiger partial charge in [0.25, 0.3) is 0 Å². The van der Waals surface area contributed by atoms with Crippen molar-refractivity contribution in [1.29, 1.82) is 0 Å². The van der Waals surface area contributed by atoms with Gasteiger partial charge in [0.2, 0.25) is 12.3 Å².